The number of hydrogen-bond donors (Lipinski definition) is 1. The lowest BCUT2D eigenvalue weighted by molar-refractivity contribution is 0.0263. The van der Waals surface area contributed by atoms with Crippen LogP contribution in [-0.2, 0) is 4.74 Å². The second-order valence-electron chi connectivity index (χ2n) is 6.85. The van der Waals surface area contributed by atoms with Crippen LogP contribution in [-0.4, -0.2) is 42.8 Å². The maximum atomic E-state index is 12.2. The Labute approximate surface area is 133 Å². The van der Waals surface area contributed by atoms with Crippen LogP contribution in [0.2, 0.25) is 0 Å². The molecule has 5 heteroatoms. The molecule has 1 aromatic rings. The summed E-state index contributed by atoms with van der Waals surface area (Å²) in [6.45, 7) is 10.9. The SMILES string of the molecule is Cc1cc(N)ccc1N1CCCN(C(=O)OC(C)(C)C)CC1. The molecule has 0 unspecified atom stereocenters. The fraction of sp³-hybridized carbons (Fsp3) is 0.588. The van der Waals surface area contributed by atoms with Crippen LogP contribution < -0.4 is 10.6 Å². The zero-order valence-electron chi connectivity index (χ0n) is 14.1. The number of hydrogen-bond acceptors (Lipinski definition) is 4. The first-order valence-corrected chi connectivity index (χ1v) is 7.85. The maximum absolute atomic E-state index is 12.2. The molecule has 1 saturated heterocycles. The number of nitrogens with two attached hydrogens (primary N) is 1. The van der Waals surface area contributed by atoms with Gasteiger partial charge in [0.1, 0.15) is 5.60 Å². The van der Waals surface area contributed by atoms with Gasteiger partial charge in [-0.25, -0.2) is 4.79 Å². The highest BCUT2D eigenvalue weighted by molar-refractivity contribution is 5.68. The van der Waals surface area contributed by atoms with Gasteiger partial charge in [-0.2, -0.15) is 0 Å². The molecule has 0 saturated carbocycles. The molecule has 0 spiro atoms. The number of nitrogen functional groups attached to an aromatic ring is 1. The van der Waals surface area contributed by atoms with Crippen molar-refractivity contribution in [3.63, 3.8) is 0 Å². The highest BCUT2D eigenvalue weighted by Gasteiger charge is 2.24. The Hall–Kier alpha value is -1.91. The third kappa shape index (κ3) is 4.29. The van der Waals surface area contributed by atoms with E-state index in [4.69, 9.17) is 10.5 Å². The molecule has 0 radical (unpaired) electrons. The van der Waals surface area contributed by atoms with Crippen molar-refractivity contribution >= 4 is 17.5 Å². The number of amides is 1. The average Bonchev–Trinajstić information content (AvgIpc) is 2.62. The van der Waals surface area contributed by atoms with E-state index in [0.717, 1.165) is 31.7 Å². The summed E-state index contributed by atoms with van der Waals surface area (Å²) in [6, 6.07) is 5.98. The first-order valence-electron chi connectivity index (χ1n) is 7.85. The molecule has 0 aliphatic carbocycles. The van der Waals surface area contributed by atoms with Crippen LogP contribution >= 0.6 is 0 Å². The molecule has 2 N–H and O–H groups in total. The molecule has 1 aliphatic heterocycles. The minimum atomic E-state index is -0.448. The number of carbonyl (C=O) groups is 1. The number of rotatable bonds is 1. The van der Waals surface area contributed by atoms with Crippen molar-refractivity contribution < 1.29 is 9.53 Å². The van der Waals surface area contributed by atoms with Crippen LogP contribution in [0.5, 0.6) is 0 Å². The minimum absolute atomic E-state index is 0.219. The van der Waals surface area contributed by atoms with Crippen molar-refractivity contribution in [2.24, 2.45) is 0 Å². The molecule has 1 aliphatic rings. The predicted molar refractivity (Wildman–Crippen MR) is 90.2 cm³/mol. The molecular weight excluding hydrogens is 278 g/mol. The van der Waals surface area contributed by atoms with E-state index in [1.54, 1.807) is 4.90 Å². The fourth-order valence-corrected chi connectivity index (χ4v) is 2.70. The first-order chi connectivity index (χ1) is 10.3. The number of carbonyl (C=O) groups excluding carboxylic acids is 1. The summed E-state index contributed by atoms with van der Waals surface area (Å²) in [7, 11) is 0. The zero-order chi connectivity index (χ0) is 16.3. The molecule has 22 heavy (non-hydrogen) atoms. The summed E-state index contributed by atoms with van der Waals surface area (Å²) < 4.78 is 5.47. The van der Waals surface area contributed by atoms with Gasteiger partial charge in [0.05, 0.1) is 0 Å². The first kappa shape index (κ1) is 16.5. The zero-order valence-corrected chi connectivity index (χ0v) is 14.1. The van der Waals surface area contributed by atoms with E-state index in [9.17, 15) is 4.79 Å². The Morgan fingerprint density at radius 3 is 2.55 bits per heavy atom. The van der Waals surface area contributed by atoms with E-state index in [-0.39, 0.29) is 6.09 Å². The van der Waals surface area contributed by atoms with Gasteiger partial charge in [-0.15, -0.1) is 0 Å². The van der Waals surface area contributed by atoms with Crippen molar-refractivity contribution in [2.75, 3.05) is 36.8 Å². The van der Waals surface area contributed by atoms with Crippen molar-refractivity contribution in [1.82, 2.24) is 4.90 Å². The van der Waals surface area contributed by atoms with Gasteiger partial charge >= 0.3 is 6.09 Å². The van der Waals surface area contributed by atoms with Crippen molar-refractivity contribution in [2.45, 2.75) is 39.7 Å². The van der Waals surface area contributed by atoms with Gasteiger partial charge in [-0.1, -0.05) is 0 Å². The Kier molecular flexibility index (Phi) is 4.84. The predicted octanol–water partition coefficient (Wildman–Crippen LogP) is 3.02. The molecule has 1 heterocycles. The standard InChI is InChI=1S/C17H27N3O2/c1-13-12-14(18)6-7-15(13)19-8-5-9-20(11-10-19)16(21)22-17(2,3)4/h6-7,12H,5,8-11,18H2,1-4H3. The van der Waals surface area contributed by atoms with Crippen LogP contribution in [0.4, 0.5) is 16.2 Å². The van der Waals surface area contributed by atoms with E-state index in [2.05, 4.69) is 17.9 Å². The number of benzene rings is 1. The van der Waals surface area contributed by atoms with Crippen LogP contribution in [0.25, 0.3) is 0 Å². The van der Waals surface area contributed by atoms with Gasteiger partial charge in [0, 0.05) is 37.6 Å². The summed E-state index contributed by atoms with van der Waals surface area (Å²) >= 11 is 0. The van der Waals surface area contributed by atoms with Crippen molar-refractivity contribution in [3.05, 3.63) is 23.8 Å². The Bertz CT molecular complexity index is 537. The van der Waals surface area contributed by atoms with E-state index in [0.29, 0.717) is 6.54 Å². The lowest BCUT2D eigenvalue weighted by Gasteiger charge is -2.27. The quantitative estimate of drug-likeness (QED) is 0.810. The molecular formula is C17H27N3O2. The average molecular weight is 305 g/mol. The number of aryl methyl sites for hydroxylation is 1. The maximum Gasteiger partial charge on any atom is 0.410 e. The Balaban J connectivity index is 2.02. The van der Waals surface area contributed by atoms with Gasteiger partial charge in [0.15, 0.2) is 0 Å². The molecule has 2 rings (SSSR count). The summed E-state index contributed by atoms with van der Waals surface area (Å²) in [5.41, 5.74) is 8.52. The van der Waals surface area contributed by atoms with Crippen LogP contribution in [0, 0.1) is 6.92 Å². The molecule has 1 amide bonds. The number of ether oxygens (including phenoxy) is 1. The van der Waals surface area contributed by atoms with E-state index < -0.39 is 5.60 Å². The fourth-order valence-electron chi connectivity index (χ4n) is 2.70. The van der Waals surface area contributed by atoms with Crippen LogP contribution in [0.15, 0.2) is 18.2 Å². The third-order valence-electron chi connectivity index (χ3n) is 3.71. The molecule has 5 nitrogen and oxygen atoms in total. The molecule has 1 fully saturated rings. The van der Waals surface area contributed by atoms with E-state index >= 15 is 0 Å². The van der Waals surface area contributed by atoms with Gasteiger partial charge in [-0.3, -0.25) is 0 Å². The largest absolute Gasteiger partial charge is 0.444 e. The molecule has 1 aromatic carbocycles. The molecule has 0 atom stereocenters. The highest BCUT2D eigenvalue weighted by Crippen LogP contribution is 2.24. The van der Waals surface area contributed by atoms with Gasteiger partial charge < -0.3 is 20.3 Å². The lowest BCUT2D eigenvalue weighted by Crippen LogP contribution is -2.39. The topological polar surface area (TPSA) is 58.8 Å². The number of nitrogens with zero attached hydrogens (tertiary/aromatic N) is 2. The second kappa shape index (κ2) is 6.46. The molecule has 122 valence electrons. The van der Waals surface area contributed by atoms with E-state index in [1.165, 1.54) is 11.3 Å². The minimum Gasteiger partial charge on any atom is -0.444 e. The van der Waals surface area contributed by atoms with E-state index in [1.807, 2.05) is 32.9 Å². The van der Waals surface area contributed by atoms with Gasteiger partial charge in [0.25, 0.3) is 0 Å². The monoisotopic (exact) mass is 305 g/mol. The summed E-state index contributed by atoms with van der Waals surface area (Å²) in [5.74, 6) is 0. The normalized spacial score (nSPS) is 16.4. The smallest absolute Gasteiger partial charge is 0.410 e. The van der Waals surface area contributed by atoms with Gasteiger partial charge in [0.2, 0.25) is 0 Å². The van der Waals surface area contributed by atoms with Gasteiger partial charge in [-0.05, 0) is 57.9 Å². The molecule has 0 aromatic heterocycles. The molecule has 0 bridgehead atoms. The van der Waals surface area contributed by atoms with Crippen LogP contribution in [0.1, 0.15) is 32.8 Å². The van der Waals surface area contributed by atoms with Crippen LogP contribution in [0.3, 0.4) is 0 Å². The van der Waals surface area contributed by atoms with Crippen molar-refractivity contribution in [1.29, 1.82) is 0 Å². The summed E-state index contributed by atoms with van der Waals surface area (Å²) in [5, 5.41) is 0. The summed E-state index contributed by atoms with van der Waals surface area (Å²) in [4.78, 5) is 16.3. The highest BCUT2D eigenvalue weighted by atomic mass is 16.6. The third-order valence-corrected chi connectivity index (χ3v) is 3.71. The van der Waals surface area contributed by atoms with Crippen molar-refractivity contribution in [3.8, 4) is 0 Å². The Morgan fingerprint density at radius 1 is 1.18 bits per heavy atom. The Morgan fingerprint density at radius 2 is 1.91 bits per heavy atom. The number of anilines is 2. The lowest BCUT2D eigenvalue weighted by atomic mass is 10.1. The summed E-state index contributed by atoms with van der Waals surface area (Å²) in [6.07, 6.45) is 0.714. The second-order valence-corrected chi connectivity index (χ2v) is 6.85.